The topological polar surface area (TPSA) is 82.2 Å². The third-order valence-electron chi connectivity index (χ3n) is 3.17. The largest absolute Gasteiger partial charge is 0.477 e. The molecule has 0 saturated heterocycles. The Morgan fingerprint density at radius 1 is 1.32 bits per heavy atom. The standard InChI is InChI=1S/C15H15ClN2O3S/c16-11-3-1-9(2-4-11)5-10(8-22)14(19)18-12-6-13(15(20)21)17-7-12/h1-4,6-7,10,17,22H,5,8H2,(H,18,19)(H,20,21). The number of carboxylic acid groups (broad SMARTS) is 1. The molecule has 2 aromatic rings. The second-order valence-electron chi connectivity index (χ2n) is 4.81. The van der Waals surface area contributed by atoms with Crippen LogP contribution in [0, 0.1) is 5.92 Å². The van der Waals surface area contributed by atoms with Crippen molar-refractivity contribution >= 4 is 41.8 Å². The van der Waals surface area contributed by atoms with Gasteiger partial charge in [0.1, 0.15) is 5.69 Å². The van der Waals surface area contributed by atoms with Gasteiger partial charge in [-0.15, -0.1) is 0 Å². The minimum atomic E-state index is -1.08. The second kappa shape index (κ2) is 7.38. The molecular weight excluding hydrogens is 324 g/mol. The van der Waals surface area contributed by atoms with Crippen molar-refractivity contribution in [2.75, 3.05) is 11.1 Å². The third kappa shape index (κ3) is 4.29. The molecule has 1 amide bonds. The van der Waals surface area contributed by atoms with Crippen LogP contribution in [0.3, 0.4) is 0 Å². The average molecular weight is 339 g/mol. The van der Waals surface area contributed by atoms with Gasteiger partial charge in [0.15, 0.2) is 0 Å². The number of benzene rings is 1. The van der Waals surface area contributed by atoms with Gasteiger partial charge in [-0.3, -0.25) is 4.79 Å². The molecular formula is C15H15ClN2O3S. The average Bonchev–Trinajstić information content (AvgIpc) is 2.95. The molecule has 0 aliphatic heterocycles. The van der Waals surface area contributed by atoms with Gasteiger partial charge in [-0.25, -0.2) is 4.79 Å². The van der Waals surface area contributed by atoms with E-state index in [4.69, 9.17) is 16.7 Å². The maximum atomic E-state index is 12.2. The number of aromatic nitrogens is 1. The number of rotatable bonds is 6. The zero-order valence-corrected chi connectivity index (χ0v) is 13.2. The molecule has 1 heterocycles. The third-order valence-corrected chi connectivity index (χ3v) is 3.86. The summed E-state index contributed by atoms with van der Waals surface area (Å²) in [5.74, 6) is -1.23. The van der Waals surface area contributed by atoms with E-state index in [0.717, 1.165) is 5.56 Å². The smallest absolute Gasteiger partial charge is 0.352 e. The Morgan fingerprint density at radius 3 is 2.55 bits per heavy atom. The fourth-order valence-corrected chi connectivity index (χ4v) is 2.40. The van der Waals surface area contributed by atoms with Crippen molar-refractivity contribution in [2.24, 2.45) is 5.92 Å². The first kappa shape index (κ1) is 16.5. The summed E-state index contributed by atoms with van der Waals surface area (Å²) in [6.07, 6.45) is 1.97. The van der Waals surface area contributed by atoms with Gasteiger partial charge in [-0.1, -0.05) is 23.7 Å². The molecule has 0 bridgehead atoms. The first-order chi connectivity index (χ1) is 10.5. The summed E-state index contributed by atoms with van der Waals surface area (Å²) in [5.41, 5.74) is 1.43. The number of anilines is 1. The molecule has 0 fully saturated rings. The Morgan fingerprint density at radius 2 is 2.00 bits per heavy atom. The van der Waals surface area contributed by atoms with Gasteiger partial charge >= 0.3 is 5.97 Å². The molecule has 1 aromatic carbocycles. The molecule has 5 nitrogen and oxygen atoms in total. The summed E-state index contributed by atoms with van der Waals surface area (Å²) in [5, 5.41) is 12.2. The number of nitrogens with one attached hydrogen (secondary N) is 2. The maximum absolute atomic E-state index is 12.2. The molecule has 1 unspecified atom stereocenters. The fourth-order valence-electron chi connectivity index (χ4n) is 1.98. The van der Waals surface area contributed by atoms with Gasteiger partial charge in [0, 0.05) is 17.0 Å². The van der Waals surface area contributed by atoms with Crippen LogP contribution < -0.4 is 5.32 Å². The van der Waals surface area contributed by atoms with Crippen molar-refractivity contribution in [1.29, 1.82) is 0 Å². The highest BCUT2D eigenvalue weighted by molar-refractivity contribution is 7.80. The number of carbonyl (C=O) groups excluding carboxylic acids is 1. The lowest BCUT2D eigenvalue weighted by molar-refractivity contribution is -0.119. The Balaban J connectivity index is 2.01. The molecule has 1 aromatic heterocycles. The lowest BCUT2D eigenvalue weighted by atomic mass is 10.00. The molecule has 0 spiro atoms. The van der Waals surface area contributed by atoms with Gasteiger partial charge in [0.2, 0.25) is 5.91 Å². The molecule has 0 radical (unpaired) electrons. The lowest BCUT2D eigenvalue weighted by Gasteiger charge is -2.14. The highest BCUT2D eigenvalue weighted by Crippen LogP contribution is 2.17. The van der Waals surface area contributed by atoms with Crippen LogP contribution in [-0.2, 0) is 11.2 Å². The van der Waals surface area contributed by atoms with Gasteiger partial charge in [-0.05, 0) is 30.2 Å². The van der Waals surface area contributed by atoms with E-state index in [0.29, 0.717) is 22.9 Å². The summed E-state index contributed by atoms with van der Waals surface area (Å²) in [6, 6.07) is 8.65. The quantitative estimate of drug-likeness (QED) is 0.611. The first-order valence-corrected chi connectivity index (χ1v) is 7.58. The van der Waals surface area contributed by atoms with Crippen LogP contribution >= 0.6 is 24.2 Å². The van der Waals surface area contributed by atoms with Crippen LogP contribution in [0.5, 0.6) is 0 Å². The molecule has 3 N–H and O–H groups in total. The number of aromatic amines is 1. The van der Waals surface area contributed by atoms with Crippen LogP contribution in [0.4, 0.5) is 5.69 Å². The van der Waals surface area contributed by atoms with Gasteiger partial charge in [0.25, 0.3) is 0 Å². The molecule has 0 aliphatic rings. The molecule has 22 heavy (non-hydrogen) atoms. The summed E-state index contributed by atoms with van der Waals surface area (Å²) >= 11 is 10.1. The van der Waals surface area contributed by atoms with E-state index < -0.39 is 5.97 Å². The predicted octanol–water partition coefficient (Wildman–Crippen LogP) is 3.09. The number of hydrogen-bond acceptors (Lipinski definition) is 3. The van der Waals surface area contributed by atoms with E-state index in [1.54, 1.807) is 12.1 Å². The van der Waals surface area contributed by atoms with Crippen molar-refractivity contribution in [3.8, 4) is 0 Å². The lowest BCUT2D eigenvalue weighted by Crippen LogP contribution is -2.25. The second-order valence-corrected chi connectivity index (χ2v) is 5.61. The predicted molar refractivity (Wildman–Crippen MR) is 88.9 cm³/mol. The minimum absolute atomic E-state index is 0.0235. The summed E-state index contributed by atoms with van der Waals surface area (Å²) in [4.78, 5) is 25.6. The molecule has 0 saturated carbocycles. The number of aromatic carboxylic acids is 1. The van der Waals surface area contributed by atoms with Gasteiger partial charge in [0.05, 0.1) is 11.6 Å². The van der Waals surface area contributed by atoms with Crippen molar-refractivity contribution in [3.05, 3.63) is 52.8 Å². The van der Waals surface area contributed by atoms with Gasteiger partial charge < -0.3 is 15.4 Å². The van der Waals surface area contributed by atoms with E-state index in [-0.39, 0.29) is 17.5 Å². The van der Waals surface area contributed by atoms with Crippen LogP contribution in [0.2, 0.25) is 5.02 Å². The number of H-pyrrole nitrogens is 1. The molecule has 7 heteroatoms. The molecule has 1 atom stereocenters. The molecule has 116 valence electrons. The molecule has 2 rings (SSSR count). The van der Waals surface area contributed by atoms with Crippen LogP contribution in [0.15, 0.2) is 36.5 Å². The van der Waals surface area contributed by atoms with E-state index in [2.05, 4.69) is 22.9 Å². The van der Waals surface area contributed by atoms with Crippen LogP contribution in [0.1, 0.15) is 16.1 Å². The monoisotopic (exact) mass is 338 g/mol. The number of carboxylic acids is 1. The van der Waals surface area contributed by atoms with Crippen molar-refractivity contribution in [2.45, 2.75) is 6.42 Å². The summed E-state index contributed by atoms with van der Waals surface area (Å²) < 4.78 is 0. The maximum Gasteiger partial charge on any atom is 0.352 e. The number of amides is 1. The summed E-state index contributed by atoms with van der Waals surface area (Å²) in [6.45, 7) is 0. The Hall–Kier alpha value is -1.92. The highest BCUT2D eigenvalue weighted by atomic mass is 35.5. The normalized spacial score (nSPS) is 11.9. The Labute approximate surface area is 138 Å². The number of carbonyl (C=O) groups is 2. The number of halogens is 1. The van der Waals surface area contributed by atoms with E-state index in [9.17, 15) is 9.59 Å². The van der Waals surface area contributed by atoms with E-state index in [1.165, 1.54) is 12.3 Å². The fraction of sp³-hybridized carbons (Fsp3) is 0.200. The zero-order valence-electron chi connectivity index (χ0n) is 11.5. The number of thiol groups is 1. The first-order valence-electron chi connectivity index (χ1n) is 6.57. The molecule has 0 aliphatic carbocycles. The van der Waals surface area contributed by atoms with Crippen molar-refractivity contribution < 1.29 is 14.7 Å². The van der Waals surface area contributed by atoms with Crippen molar-refractivity contribution in [1.82, 2.24) is 4.98 Å². The highest BCUT2D eigenvalue weighted by Gasteiger charge is 2.18. The summed E-state index contributed by atoms with van der Waals surface area (Å²) in [7, 11) is 0. The van der Waals surface area contributed by atoms with E-state index >= 15 is 0 Å². The van der Waals surface area contributed by atoms with Crippen molar-refractivity contribution in [3.63, 3.8) is 0 Å². The van der Waals surface area contributed by atoms with Gasteiger partial charge in [-0.2, -0.15) is 12.6 Å². The Kier molecular flexibility index (Phi) is 5.51. The number of hydrogen-bond donors (Lipinski definition) is 4. The SMILES string of the molecule is O=C(O)c1cc(NC(=O)C(CS)Cc2ccc(Cl)cc2)c[nH]1. The zero-order chi connectivity index (χ0) is 16.1. The van der Waals surface area contributed by atoms with E-state index in [1.807, 2.05) is 12.1 Å². The van der Waals surface area contributed by atoms with Crippen LogP contribution in [0.25, 0.3) is 0 Å². The van der Waals surface area contributed by atoms with Crippen LogP contribution in [-0.4, -0.2) is 27.7 Å². The Bertz CT molecular complexity index is 670. The minimum Gasteiger partial charge on any atom is -0.477 e.